The number of fused-ring (bicyclic) bond motifs is 1. The predicted octanol–water partition coefficient (Wildman–Crippen LogP) is 8.95. The molecule has 0 atom stereocenters. The van der Waals surface area contributed by atoms with Gasteiger partial charge in [0.05, 0.1) is 17.6 Å². The third-order valence-corrected chi connectivity index (χ3v) is 6.93. The summed E-state index contributed by atoms with van der Waals surface area (Å²) in [6.45, 7) is 11.7. The SMILES string of the molecule is [C-]#[N+]c1ccc2c(c1)nc(CCCCCCCCCCCCCCCCC)n2CCCN(C)C. The fraction of sp³-hybridized carbons (Fsp3) is 0.733. The van der Waals surface area contributed by atoms with E-state index in [-0.39, 0.29) is 0 Å². The number of benzene rings is 1. The lowest BCUT2D eigenvalue weighted by Crippen LogP contribution is -2.16. The van der Waals surface area contributed by atoms with Crippen LogP contribution in [-0.4, -0.2) is 35.1 Å². The summed E-state index contributed by atoms with van der Waals surface area (Å²) < 4.78 is 2.40. The van der Waals surface area contributed by atoms with Gasteiger partial charge in [-0.15, -0.1) is 0 Å². The van der Waals surface area contributed by atoms with E-state index in [0.717, 1.165) is 31.4 Å². The fourth-order valence-electron chi connectivity index (χ4n) is 4.88. The van der Waals surface area contributed by atoms with Crippen molar-refractivity contribution in [3.63, 3.8) is 0 Å². The smallest absolute Gasteiger partial charge is 0.189 e. The van der Waals surface area contributed by atoms with Gasteiger partial charge in [-0.2, -0.15) is 0 Å². The monoisotopic (exact) mass is 466 g/mol. The number of aryl methyl sites for hydroxylation is 2. The molecule has 1 aromatic carbocycles. The highest BCUT2D eigenvalue weighted by molar-refractivity contribution is 5.80. The Bertz CT molecular complexity index is 830. The first-order chi connectivity index (χ1) is 16.7. The quantitative estimate of drug-likeness (QED) is 0.144. The molecule has 190 valence electrons. The molecular formula is C30H50N4. The van der Waals surface area contributed by atoms with Crippen molar-refractivity contribution in [2.75, 3.05) is 20.6 Å². The van der Waals surface area contributed by atoms with E-state index in [9.17, 15) is 0 Å². The van der Waals surface area contributed by atoms with E-state index in [2.05, 4.69) is 41.4 Å². The Morgan fingerprint density at radius 1 is 0.794 bits per heavy atom. The summed E-state index contributed by atoms with van der Waals surface area (Å²) in [5, 5.41) is 0. The van der Waals surface area contributed by atoms with Crippen LogP contribution in [0, 0.1) is 6.57 Å². The summed E-state index contributed by atoms with van der Waals surface area (Å²) in [5.74, 6) is 1.20. The van der Waals surface area contributed by atoms with Crippen LogP contribution < -0.4 is 0 Å². The Balaban J connectivity index is 1.62. The van der Waals surface area contributed by atoms with E-state index in [1.54, 1.807) is 0 Å². The van der Waals surface area contributed by atoms with Crippen molar-refractivity contribution in [2.45, 2.75) is 123 Å². The number of nitrogens with zero attached hydrogens (tertiary/aromatic N) is 4. The molecule has 1 heterocycles. The molecule has 0 aliphatic rings. The second-order valence-corrected chi connectivity index (χ2v) is 10.3. The Kier molecular flexibility index (Phi) is 14.7. The van der Waals surface area contributed by atoms with Crippen LogP contribution in [0.25, 0.3) is 15.9 Å². The highest BCUT2D eigenvalue weighted by Crippen LogP contribution is 2.24. The third kappa shape index (κ3) is 11.0. The minimum absolute atomic E-state index is 0.684. The van der Waals surface area contributed by atoms with Crippen LogP contribution in [0.4, 0.5) is 5.69 Å². The van der Waals surface area contributed by atoms with Gasteiger partial charge in [0.1, 0.15) is 5.82 Å². The van der Waals surface area contributed by atoms with Gasteiger partial charge in [0.2, 0.25) is 0 Å². The third-order valence-electron chi connectivity index (χ3n) is 6.93. The molecule has 0 aliphatic heterocycles. The van der Waals surface area contributed by atoms with Crippen molar-refractivity contribution >= 4 is 16.7 Å². The average Bonchev–Trinajstić information content (AvgIpc) is 3.17. The molecule has 0 fully saturated rings. The maximum atomic E-state index is 7.30. The number of aromatic nitrogens is 2. The van der Waals surface area contributed by atoms with E-state index in [1.807, 2.05) is 12.1 Å². The summed E-state index contributed by atoms with van der Waals surface area (Å²) in [5.41, 5.74) is 2.85. The Hall–Kier alpha value is -1.86. The number of hydrogen-bond donors (Lipinski definition) is 0. The van der Waals surface area contributed by atoms with Gasteiger partial charge in [0, 0.05) is 13.0 Å². The van der Waals surface area contributed by atoms with E-state index in [1.165, 1.54) is 108 Å². The van der Waals surface area contributed by atoms with Gasteiger partial charge >= 0.3 is 0 Å². The molecule has 0 aliphatic carbocycles. The lowest BCUT2D eigenvalue weighted by Gasteiger charge is -2.12. The van der Waals surface area contributed by atoms with Gasteiger partial charge in [-0.05, 0) is 45.6 Å². The van der Waals surface area contributed by atoms with Crippen LogP contribution >= 0.6 is 0 Å². The van der Waals surface area contributed by atoms with Gasteiger partial charge < -0.3 is 9.47 Å². The maximum Gasteiger partial charge on any atom is 0.189 e. The number of rotatable bonds is 20. The molecule has 0 radical (unpaired) electrons. The Morgan fingerprint density at radius 3 is 1.88 bits per heavy atom. The van der Waals surface area contributed by atoms with E-state index in [4.69, 9.17) is 11.6 Å². The summed E-state index contributed by atoms with van der Waals surface area (Å²) in [6.07, 6.45) is 23.1. The Labute approximate surface area is 210 Å². The van der Waals surface area contributed by atoms with Crippen molar-refractivity contribution in [3.05, 3.63) is 35.4 Å². The molecular weight excluding hydrogens is 416 g/mol. The highest BCUT2D eigenvalue weighted by Gasteiger charge is 2.11. The summed E-state index contributed by atoms with van der Waals surface area (Å²) in [6, 6.07) is 5.96. The van der Waals surface area contributed by atoms with E-state index >= 15 is 0 Å². The zero-order valence-corrected chi connectivity index (χ0v) is 22.5. The number of unbranched alkanes of at least 4 members (excludes halogenated alkanes) is 14. The first-order valence-corrected chi connectivity index (χ1v) is 14.2. The van der Waals surface area contributed by atoms with Gasteiger partial charge in [-0.25, -0.2) is 9.83 Å². The lowest BCUT2D eigenvalue weighted by molar-refractivity contribution is 0.386. The first-order valence-electron chi connectivity index (χ1n) is 14.2. The van der Waals surface area contributed by atoms with Crippen molar-refractivity contribution < 1.29 is 0 Å². The molecule has 0 bridgehead atoms. The maximum absolute atomic E-state index is 7.30. The second-order valence-electron chi connectivity index (χ2n) is 10.3. The van der Waals surface area contributed by atoms with Crippen molar-refractivity contribution in [2.24, 2.45) is 0 Å². The molecule has 4 nitrogen and oxygen atoms in total. The first kappa shape index (κ1) is 28.4. The van der Waals surface area contributed by atoms with Gasteiger partial charge in [0.15, 0.2) is 5.69 Å². The molecule has 0 unspecified atom stereocenters. The van der Waals surface area contributed by atoms with Gasteiger partial charge in [0.25, 0.3) is 0 Å². The average molecular weight is 467 g/mol. The van der Waals surface area contributed by atoms with Gasteiger partial charge in [-0.1, -0.05) is 103 Å². The topological polar surface area (TPSA) is 25.4 Å². The standard InChI is InChI=1S/C30H50N4/c1-5-6-7-8-9-10-11-12-13-14-15-16-17-18-19-21-30-32-28-26-27(31-2)22-23-29(28)34(30)25-20-24-33(3)4/h22-23,26H,5-21,24-25H2,1,3-4H3. The largest absolute Gasteiger partial charge is 0.328 e. The second kappa shape index (κ2) is 17.6. The molecule has 0 amide bonds. The Morgan fingerprint density at radius 2 is 1.35 bits per heavy atom. The number of hydrogen-bond acceptors (Lipinski definition) is 2. The summed E-state index contributed by atoms with van der Waals surface area (Å²) in [7, 11) is 4.26. The van der Waals surface area contributed by atoms with Crippen molar-refractivity contribution in [1.82, 2.24) is 14.5 Å². The number of imidazole rings is 1. The highest BCUT2D eigenvalue weighted by atomic mass is 15.1. The van der Waals surface area contributed by atoms with Crippen molar-refractivity contribution in [3.8, 4) is 0 Å². The molecule has 2 rings (SSSR count). The summed E-state index contributed by atoms with van der Waals surface area (Å²) >= 11 is 0. The fourth-order valence-corrected chi connectivity index (χ4v) is 4.88. The molecule has 34 heavy (non-hydrogen) atoms. The van der Waals surface area contributed by atoms with Crippen LogP contribution in [-0.2, 0) is 13.0 Å². The van der Waals surface area contributed by atoms with Crippen LogP contribution in [0.2, 0.25) is 0 Å². The summed E-state index contributed by atoms with van der Waals surface area (Å²) in [4.78, 5) is 10.8. The molecule has 4 heteroatoms. The van der Waals surface area contributed by atoms with Gasteiger partial charge in [-0.3, -0.25) is 0 Å². The molecule has 0 saturated heterocycles. The van der Waals surface area contributed by atoms with Crippen LogP contribution in [0.5, 0.6) is 0 Å². The lowest BCUT2D eigenvalue weighted by atomic mass is 10.0. The normalized spacial score (nSPS) is 11.5. The van der Waals surface area contributed by atoms with E-state index in [0.29, 0.717) is 5.69 Å². The van der Waals surface area contributed by atoms with Crippen molar-refractivity contribution in [1.29, 1.82) is 0 Å². The van der Waals surface area contributed by atoms with Crippen LogP contribution in [0.3, 0.4) is 0 Å². The molecule has 0 spiro atoms. The molecule has 0 saturated carbocycles. The van der Waals surface area contributed by atoms with E-state index < -0.39 is 0 Å². The van der Waals surface area contributed by atoms with Crippen LogP contribution in [0.1, 0.15) is 115 Å². The predicted molar refractivity (Wildman–Crippen MR) is 148 cm³/mol. The minimum Gasteiger partial charge on any atom is -0.328 e. The molecule has 0 N–H and O–H groups in total. The van der Waals surface area contributed by atoms with Crippen LogP contribution in [0.15, 0.2) is 18.2 Å². The zero-order valence-electron chi connectivity index (χ0n) is 22.5. The minimum atomic E-state index is 0.684. The molecule has 1 aromatic heterocycles. The molecule has 2 aromatic rings. The zero-order chi connectivity index (χ0) is 24.4.